The van der Waals surface area contributed by atoms with Crippen molar-refractivity contribution in [1.29, 1.82) is 0 Å². The fraction of sp³-hybridized carbons (Fsp3) is 1.00. The Morgan fingerprint density at radius 2 is 1.30 bits per heavy atom. The predicted molar refractivity (Wildman–Crippen MR) is 132 cm³/mol. The monoisotopic (exact) mass is 458 g/mol. The molecule has 0 spiro atoms. The van der Waals surface area contributed by atoms with Crippen LogP contribution in [0.5, 0.6) is 0 Å². The molecule has 6 fully saturated rings. The molecule has 1 heterocycles. The van der Waals surface area contributed by atoms with Crippen LogP contribution < -0.4 is 0 Å². The average Bonchev–Trinajstić information content (AvgIpc) is 3.36. The van der Waals surface area contributed by atoms with Gasteiger partial charge in [0.25, 0.3) is 0 Å². The highest BCUT2D eigenvalue weighted by Crippen LogP contribution is 2.78. The van der Waals surface area contributed by atoms with Crippen molar-refractivity contribution in [3.8, 4) is 0 Å². The van der Waals surface area contributed by atoms with Crippen molar-refractivity contribution in [2.75, 3.05) is 6.61 Å². The minimum atomic E-state index is -0.193. The number of hydrogen-bond acceptors (Lipinski definition) is 3. The number of fused-ring (bicyclic) bond motifs is 7. The molecule has 1 aliphatic heterocycles. The van der Waals surface area contributed by atoms with E-state index in [-0.39, 0.29) is 39.5 Å². The van der Waals surface area contributed by atoms with E-state index in [9.17, 15) is 10.2 Å². The molecule has 6 aliphatic rings. The van der Waals surface area contributed by atoms with E-state index in [1.165, 1.54) is 44.9 Å². The SMILES string of the molecule is CC1(C)[C@@H](O)CC[C@]2(C)[C@H]3CC[C@@H]4[C@H]5[C@H]([C@@]6(C)CO6)CC[C@]5(C)[C@@H](O)C[C@@]4(C)[C@]3(C)CC[C@@H]12. The summed E-state index contributed by atoms with van der Waals surface area (Å²) < 4.78 is 6.07. The number of aliphatic hydroxyl groups excluding tert-OH is 2. The van der Waals surface area contributed by atoms with Gasteiger partial charge in [-0.2, -0.15) is 0 Å². The van der Waals surface area contributed by atoms with Crippen LogP contribution in [-0.2, 0) is 4.74 Å². The lowest BCUT2D eigenvalue weighted by molar-refractivity contribution is -0.263. The Morgan fingerprint density at radius 3 is 1.97 bits per heavy atom. The van der Waals surface area contributed by atoms with Gasteiger partial charge in [0.05, 0.1) is 24.4 Å². The highest BCUT2D eigenvalue weighted by Gasteiger charge is 2.73. The highest BCUT2D eigenvalue weighted by molar-refractivity contribution is 5.22. The summed E-state index contributed by atoms with van der Waals surface area (Å²) in [5.41, 5.74) is 0.874. The maximum absolute atomic E-state index is 11.8. The van der Waals surface area contributed by atoms with Crippen molar-refractivity contribution < 1.29 is 14.9 Å². The molecule has 0 bridgehead atoms. The molecule has 0 aromatic rings. The molecule has 0 unspecified atom stereocenters. The molecule has 12 atom stereocenters. The van der Waals surface area contributed by atoms with Gasteiger partial charge in [0.15, 0.2) is 0 Å². The lowest BCUT2D eigenvalue weighted by Gasteiger charge is -2.73. The van der Waals surface area contributed by atoms with Crippen LogP contribution in [0, 0.1) is 56.7 Å². The number of epoxide rings is 1. The number of ether oxygens (including phenoxy) is 1. The summed E-state index contributed by atoms with van der Waals surface area (Å²) in [5.74, 6) is 3.19. The molecule has 1 saturated heterocycles. The summed E-state index contributed by atoms with van der Waals surface area (Å²) in [7, 11) is 0. The largest absolute Gasteiger partial charge is 0.393 e. The third-order valence-electron chi connectivity index (χ3n) is 14.3. The molecule has 0 aromatic carbocycles. The molecule has 2 N–H and O–H groups in total. The molecule has 0 amide bonds. The van der Waals surface area contributed by atoms with Crippen LogP contribution >= 0.6 is 0 Å². The van der Waals surface area contributed by atoms with Crippen molar-refractivity contribution in [2.24, 2.45) is 56.7 Å². The summed E-state index contributed by atoms with van der Waals surface area (Å²) in [5, 5.41) is 22.7. The predicted octanol–water partition coefficient (Wildman–Crippen LogP) is 6.21. The molecule has 0 radical (unpaired) electrons. The van der Waals surface area contributed by atoms with Gasteiger partial charge in [-0.3, -0.25) is 0 Å². The van der Waals surface area contributed by atoms with Crippen LogP contribution in [0.25, 0.3) is 0 Å². The lowest BCUT2D eigenvalue weighted by atomic mass is 9.32. The van der Waals surface area contributed by atoms with Crippen LogP contribution in [0.2, 0.25) is 0 Å². The first kappa shape index (κ1) is 23.3. The standard InChI is InChI=1S/C30H50O3/c1-25(2)20-11-15-28(5)21(26(20,3)14-12-22(25)31)9-8-18-24-19(30(7)17-33-30)10-13-27(24,4)23(32)16-29(18,28)6/h18-24,31-32H,8-17H2,1-7H3/t18-,19-,20+,21-,22+,23+,24+,26+,27-,28-,29-,30-/m1/s1. The number of hydrogen-bond donors (Lipinski definition) is 2. The number of aliphatic hydroxyl groups is 2. The molecular weight excluding hydrogens is 408 g/mol. The Hall–Kier alpha value is -0.120. The van der Waals surface area contributed by atoms with E-state index in [0.29, 0.717) is 35.0 Å². The fourth-order valence-electron chi connectivity index (χ4n) is 12.0. The summed E-state index contributed by atoms with van der Waals surface area (Å²) in [6, 6.07) is 0. The third kappa shape index (κ3) is 2.64. The van der Waals surface area contributed by atoms with Crippen LogP contribution in [-0.4, -0.2) is 34.6 Å². The molecular formula is C30H50O3. The Balaban J connectivity index is 1.41. The second-order valence-corrected chi connectivity index (χ2v) is 15.5. The topological polar surface area (TPSA) is 53.0 Å². The van der Waals surface area contributed by atoms with Crippen LogP contribution in [0.1, 0.15) is 106 Å². The maximum Gasteiger partial charge on any atom is 0.0919 e. The van der Waals surface area contributed by atoms with E-state index in [2.05, 4.69) is 48.5 Å². The smallest absolute Gasteiger partial charge is 0.0919 e. The molecule has 5 aliphatic carbocycles. The zero-order valence-corrected chi connectivity index (χ0v) is 22.4. The molecule has 0 aromatic heterocycles. The van der Waals surface area contributed by atoms with Gasteiger partial charge < -0.3 is 14.9 Å². The van der Waals surface area contributed by atoms with Gasteiger partial charge in [-0.1, -0.05) is 41.5 Å². The van der Waals surface area contributed by atoms with Crippen LogP contribution in [0.4, 0.5) is 0 Å². The summed E-state index contributed by atoms with van der Waals surface area (Å²) in [4.78, 5) is 0. The zero-order valence-electron chi connectivity index (χ0n) is 22.4. The molecule has 3 heteroatoms. The Kier molecular flexibility index (Phi) is 4.66. The van der Waals surface area contributed by atoms with Crippen molar-refractivity contribution in [3.05, 3.63) is 0 Å². The Bertz CT molecular complexity index is 832. The second kappa shape index (κ2) is 6.60. The van der Waals surface area contributed by atoms with E-state index in [4.69, 9.17) is 4.74 Å². The minimum Gasteiger partial charge on any atom is -0.393 e. The molecule has 188 valence electrons. The summed E-state index contributed by atoms with van der Waals surface area (Å²) in [6.45, 7) is 18.2. The fourth-order valence-corrected chi connectivity index (χ4v) is 12.0. The van der Waals surface area contributed by atoms with Gasteiger partial charge in [-0.25, -0.2) is 0 Å². The Morgan fingerprint density at radius 1 is 0.636 bits per heavy atom. The normalized spacial score (nSPS) is 63.7. The van der Waals surface area contributed by atoms with Crippen molar-refractivity contribution in [1.82, 2.24) is 0 Å². The van der Waals surface area contributed by atoms with Gasteiger partial charge in [0.1, 0.15) is 0 Å². The minimum absolute atomic E-state index is 0.00515. The van der Waals surface area contributed by atoms with Crippen LogP contribution in [0.3, 0.4) is 0 Å². The first-order valence-corrected chi connectivity index (χ1v) is 14.2. The van der Waals surface area contributed by atoms with E-state index in [0.717, 1.165) is 19.4 Å². The van der Waals surface area contributed by atoms with E-state index < -0.39 is 0 Å². The van der Waals surface area contributed by atoms with Crippen LogP contribution in [0.15, 0.2) is 0 Å². The average molecular weight is 459 g/mol. The first-order chi connectivity index (χ1) is 15.2. The zero-order chi connectivity index (χ0) is 23.8. The van der Waals surface area contributed by atoms with Crippen molar-refractivity contribution >= 4 is 0 Å². The Labute approximate surface area is 202 Å². The van der Waals surface area contributed by atoms with Gasteiger partial charge in [0, 0.05) is 0 Å². The lowest BCUT2D eigenvalue weighted by Crippen LogP contribution is -2.68. The molecule has 33 heavy (non-hydrogen) atoms. The summed E-state index contributed by atoms with van der Waals surface area (Å²) in [6.07, 6.45) is 10.3. The van der Waals surface area contributed by atoms with Gasteiger partial charge in [0.2, 0.25) is 0 Å². The summed E-state index contributed by atoms with van der Waals surface area (Å²) >= 11 is 0. The van der Waals surface area contributed by atoms with Gasteiger partial charge in [-0.05, 0) is 121 Å². The van der Waals surface area contributed by atoms with Crippen molar-refractivity contribution in [2.45, 2.75) is 124 Å². The quantitative estimate of drug-likeness (QED) is 0.459. The van der Waals surface area contributed by atoms with E-state index >= 15 is 0 Å². The van der Waals surface area contributed by atoms with E-state index in [1.54, 1.807) is 0 Å². The molecule has 5 saturated carbocycles. The van der Waals surface area contributed by atoms with Gasteiger partial charge >= 0.3 is 0 Å². The molecule has 6 rings (SSSR count). The number of rotatable bonds is 1. The van der Waals surface area contributed by atoms with E-state index in [1.807, 2.05) is 0 Å². The third-order valence-corrected chi connectivity index (χ3v) is 14.3. The maximum atomic E-state index is 11.8. The molecule has 3 nitrogen and oxygen atoms in total. The van der Waals surface area contributed by atoms with Gasteiger partial charge in [-0.15, -0.1) is 0 Å². The highest BCUT2D eigenvalue weighted by atomic mass is 16.6. The van der Waals surface area contributed by atoms with Crippen molar-refractivity contribution in [3.63, 3.8) is 0 Å². The second-order valence-electron chi connectivity index (χ2n) is 15.5. The first-order valence-electron chi connectivity index (χ1n) is 14.2.